The summed E-state index contributed by atoms with van der Waals surface area (Å²) in [4.78, 5) is 12.9. The normalized spacial score (nSPS) is 50.0. The first kappa shape index (κ1) is 23.7. The zero-order valence-electron chi connectivity index (χ0n) is 22.8. The minimum atomic E-state index is -0.574. The Labute approximate surface area is 210 Å². The number of aromatic nitrogens is 2. The smallest absolute Gasteiger partial charge is 0.310 e. The van der Waals surface area contributed by atoms with Crippen molar-refractivity contribution in [1.29, 1.82) is 0 Å². The molecule has 0 saturated heterocycles. The summed E-state index contributed by atoms with van der Waals surface area (Å²) in [6.07, 6.45) is 10.6. The third kappa shape index (κ3) is 2.63. The Balaban J connectivity index is 1.48. The number of carboxylic acid groups (broad SMARTS) is 1. The zero-order chi connectivity index (χ0) is 25.2. The van der Waals surface area contributed by atoms with E-state index in [2.05, 4.69) is 64.9 Å². The lowest BCUT2D eigenvalue weighted by Crippen LogP contribution is -2.65. The Morgan fingerprint density at radius 2 is 1.74 bits per heavy atom. The van der Waals surface area contributed by atoms with Gasteiger partial charge >= 0.3 is 5.97 Å². The largest absolute Gasteiger partial charge is 0.481 e. The summed E-state index contributed by atoms with van der Waals surface area (Å²) >= 11 is 0. The van der Waals surface area contributed by atoms with Crippen LogP contribution in [0.4, 0.5) is 0 Å². The molecule has 5 aliphatic rings. The fourth-order valence-electron chi connectivity index (χ4n) is 11.0. The van der Waals surface area contributed by atoms with Gasteiger partial charge in [0.25, 0.3) is 0 Å². The minimum Gasteiger partial charge on any atom is -0.481 e. The van der Waals surface area contributed by atoms with Gasteiger partial charge in [0.1, 0.15) is 11.4 Å². The van der Waals surface area contributed by atoms with Crippen LogP contribution in [0.2, 0.25) is 0 Å². The zero-order valence-corrected chi connectivity index (χ0v) is 22.8. The second-order valence-corrected chi connectivity index (χ2v) is 14.6. The van der Waals surface area contributed by atoms with Gasteiger partial charge in [0.2, 0.25) is 0 Å². The summed E-state index contributed by atoms with van der Waals surface area (Å²) in [6, 6.07) is 0. The molecule has 1 aromatic rings. The van der Waals surface area contributed by atoms with Crippen molar-refractivity contribution >= 4 is 5.97 Å². The van der Waals surface area contributed by atoms with Gasteiger partial charge in [0, 0.05) is 11.8 Å². The molecule has 0 aromatic carbocycles. The van der Waals surface area contributed by atoms with Crippen LogP contribution in [-0.4, -0.2) is 21.4 Å². The Kier molecular flexibility index (Phi) is 4.75. The third-order valence-corrected chi connectivity index (χ3v) is 13.3. The van der Waals surface area contributed by atoms with Crippen molar-refractivity contribution < 1.29 is 14.5 Å². The van der Waals surface area contributed by atoms with Crippen LogP contribution in [0.25, 0.3) is 0 Å². The van der Waals surface area contributed by atoms with Gasteiger partial charge < -0.3 is 5.11 Å². The lowest BCUT2D eigenvalue weighted by molar-refractivity contribution is -0.179. The minimum absolute atomic E-state index is 0.0470. The molecule has 6 rings (SSSR count). The number of nitrogens with zero attached hydrogens (tertiary/aromatic N) is 2. The Morgan fingerprint density at radius 1 is 1.00 bits per heavy atom. The van der Waals surface area contributed by atoms with Crippen molar-refractivity contribution in [2.45, 2.75) is 105 Å². The maximum absolute atomic E-state index is 12.9. The van der Waals surface area contributed by atoms with Gasteiger partial charge in [-0.25, -0.2) is 4.63 Å². The van der Waals surface area contributed by atoms with E-state index in [1.807, 2.05) is 0 Å². The van der Waals surface area contributed by atoms with Crippen LogP contribution in [0.15, 0.2) is 16.3 Å². The van der Waals surface area contributed by atoms with E-state index in [1.54, 1.807) is 0 Å². The number of aliphatic carboxylic acids is 1. The van der Waals surface area contributed by atoms with Crippen molar-refractivity contribution in [1.82, 2.24) is 10.3 Å². The molecule has 0 aliphatic heterocycles. The van der Waals surface area contributed by atoms with Crippen molar-refractivity contribution in [2.75, 3.05) is 0 Å². The molecule has 1 heterocycles. The first-order valence-electron chi connectivity index (χ1n) is 14.1. The third-order valence-electron chi connectivity index (χ3n) is 13.3. The monoisotopic (exact) mass is 480 g/mol. The predicted octanol–water partition coefficient (Wildman–Crippen LogP) is 6.83. The fourth-order valence-corrected chi connectivity index (χ4v) is 11.0. The molecule has 9 atom stereocenters. The number of fused-ring (bicyclic) bond motifs is 8. The highest BCUT2D eigenvalue weighted by molar-refractivity contribution is 5.76. The van der Waals surface area contributed by atoms with E-state index in [1.165, 1.54) is 18.4 Å². The molecule has 0 spiro atoms. The van der Waals surface area contributed by atoms with Gasteiger partial charge in [0.15, 0.2) is 0 Å². The summed E-state index contributed by atoms with van der Waals surface area (Å²) in [5.74, 6) is 1.69. The van der Waals surface area contributed by atoms with E-state index >= 15 is 0 Å². The van der Waals surface area contributed by atoms with Crippen LogP contribution in [0, 0.1) is 51.2 Å². The second kappa shape index (κ2) is 7.01. The molecule has 3 saturated carbocycles. The average Bonchev–Trinajstić information content (AvgIpc) is 3.25. The van der Waals surface area contributed by atoms with Gasteiger partial charge in [-0.15, -0.1) is 0 Å². The van der Waals surface area contributed by atoms with E-state index in [0.29, 0.717) is 23.7 Å². The summed E-state index contributed by atoms with van der Waals surface area (Å²) in [6.45, 7) is 17.0. The molecule has 0 radical (unpaired) electrons. The molecular weight excluding hydrogens is 436 g/mol. The van der Waals surface area contributed by atoms with E-state index in [9.17, 15) is 9.90 Å². The van der Waals surface area contributed by atoms with Crippen molar-refractivity contribution in [3.63, 3.8) is 0 Å². The number of hydrogen-bond donors (Lipinski definition) is 1. The van der Waals surface area contributed by atoms with E-state index in [4.69, 9.17) is 4.63 Å². The van der Waals surface area contributed by atoms with Crippen molar-refractivity contribution in [3.8, 4) is 0 Å². The number of rotatable bonds is 1. The molecular formula is C30H44N2O3. The Hall–Kier alpha value is -1.65. The SMILES string of the molecule is C[C@H]1[C@H](C)CC[C@]2(C(=O)O)CC[C@]3(C)C(=CC[C@@H]4[C@@]5(C)Cc6nonc6C(C)(C)[C@@H]5CC[C@]43C)[C@H]12. The van der Waals surface area contributed by atoms with Crippen LogP contribution in [0.3, 0.4) is 0 Å². The van der Waals surface area contributed by atoms with Crippen molar-refractivity contribution in [2.24, 2.45) is 51.2 Å². The first-order chi connectivity index (χ1) is 16.3. The highest BCUT2D eigenvalue weighted by Gasteiger charge is 2.69. The maximum atomic E-state index is 12.9. The van der Waals surface area contributed by atoms with Gasteiger partial charge in [-0.1, -0.05) is 70.4 Å². The summed E-state index contributed by atoms with van der Waals surface area (Å²) in [5, 5.41) is 19.3. The molecule has 192 valence electrons. The molecule has 5 aliphatic carbocycles. The number of carbonyl (C=O) groups is 1. The van der Waals surface area contributed by atoms with Gasteiger partial charge in [-0.05, 0) is 90.8 Å². The molecule has 1 aromatic heterocycles. The molecule has 35 heavy (non-hydrogen) atoms. The quantitative estimate of drug-likeness (QED) is 0.446. The lowest BCUT2D eigenvalue weighted by Gasteiger charge is -2.70. The maximum Gasteiger partial charge on any atom is 0.310 e. The molecule has 0 bridgehead atoms. The number of carboxylic acids is 1. The topological polar surface area (TPSA) is 76.2 Å². The fraction of sp³-hybridized carbons (Fsp3) is 0.833. The molecule has 1 N–H and O–H groups in total. The van der Waals surface area contributed by atoms with E-state index in [-0.39, 0.29) is 27.6 Å². The first-order valence-corrected chi connectivity index (χ1v) is 14.1. The second-order valence-electron chi connectivity index (χ2n) is 14.6. The number of allylic oxidation sites excluding steroid dienone is 2. The predicted molar refractivity (Wildman–Crippen MR) is 135 cm³/mol. The molecule has 3 fully saturated rings. The highest BCUT2D eigenvalue weighted by Crippen LogP contribution is 2.75. The van der Waals surface area contributed by atoms with Crippen LogP contribution in [0.5, 0.6) is 0 Å². The molecule has 5 heteroatoms. The molecule has 5 nitrogen and oxygen atoms in total. The standard InChI is InChI=1S/C30H44N2O3/c1-17-10-13-30(25(33)34)15-14-28(6)19(23(30)18(17)2)8-9-22-27(5)16-20-24(32-35-31-20)26(3,4)21(27)11-12-29(22,28)7/h8,17-18,21-23H,9-16H2,1-7H3,(H,33,34)/t17-,18+,21+,22-,23+,27+,28-,29-,30+/m1/s1. The van der Waals surface area contributed by atoms with E-state index < -0.39 is 11.4 Å². The highest BCUT2D eigenvalue weighted by atomic mass is 16.6. The van der Waals surface area contributed by atoms with Gasteiger partial charge in [-0.2, -0.15) is 0 Å². The van der Waals surface area contributed by atoms with Crippen molar-refractivity contribution in [3.05, 3.63) is 23.0 Å². The van der Waals surface area contributed by atoms with Crippen LogP contribution < -0.4 is 0 Å². The van der Waals surface area contributed by atoms with Crippen LogP contribution >= 0.6 is 0 Å². The van der Waals surface area contributed by atoms with Gasteiger partial charge in [0.05, 0.1) is 5.41 Å². The number of hydrogen-bond acceptors (Lipinski definition) is 4. The molecule has 0 amide bonds. The van der Waals surface area contributed by atoms with E-state index in [0.717, 1.165) is 49.9 Å². The van der Waals surface area contributed by atoms with Gasteiger partial charge in [-0.3, -0.25) is 4.79 Å². The molecule has 0 unspecified atom stereocenters. The Bertz CT molecular complexity index is 1100. The van der Waals surface area contributed by atoms with Crippen LogP contribution in [0.1, 0.15) is 105 Å². The summed E-state index contributed by atoms with van der Waals surface area (Å²) in [7, 11) is 0. The Morgan fingerprint density at radius 3 is 2.46 bits per heavy atom. The van der Waals surface area contributed by atoms with Crippen LogP contribution in [-0.2, 0) is 16.6 Å². The average molecular weight is 481 g/mol. The summed E-state index contributed by atoms with van der Waals surface area (Å²) < 4.78 is 5.27. The summed E-state index contributed by atoms with van der Waals surface area (Å²) in [5.41, 5.74) is 3.33. The lowest BCUT2D eigenvalue weighted by atomic mass is 9.33.